The standard InChI is InChI=1S/C17H27N3/c18-9-13-19-10-6-17(7-11-19)8-12-20(15-17)14-16-4-2-1-3-5-16/h1-5H,6-15,18H2. The summed E-state index contributed by atoms with van der Waals surface area (Å²) in [6.45, 7) is 8.04. The van der Waals surface area contributed by atoms with E-state index in [-0.39, 0.29) is 0 Å². The van der Waals surface area contributed by atoms with Gasteiger partial charge >= 0.3 is 0 Å². The number of rotatable bonds is 4. The number of hydrogen-bond acceptors (Lipinski definition) is 3. The molecule has 3 heteroatoms. The van der Waals surface area contributed by atoms with Crippen LogP contribution in [0.2, 0.25) is 0 Å². The van der Waals surface area contributed by atoms with Gasteiger partial charge in [0.1, 0.15) is 0 Å². The highest BCUT2D eigenvalue weighted by Gasteiger charge is 2.40. The molecule has 1 aromatic carbocycles. The largest absolute Gasteiger partial charge is 0.329 e. The zero-order valence-electron chi connectivity index (χ0n) is 12.4. The summed E-state index contributed by atoms with van der Waals surface area (Å²) in [6, 6.07) is 10.9. The summed E-state index contributed by atoms with van der Waals surface area (Å²) in [7, 11) is 0. The molecule has 2 N–H and O–H groups in total. The van der Waals surface area contributed by atoms with Crippen molar-refractivity contribution in [1.29, 1.82) is 0 Å². The van der Waals surface area contributed by atoms with Crippen molar-refractivity contribution in [3.05, 3.63) is 35.9 Å². The maximum absolute atomic E-state index is 5.66. The third kappa shape index (κ3) is 3.22. The van der Waals surface area contributed by atoms with Crippen molar-refractivity contribution in [3.8, 4) is 0 Å². The van der Waals surface area contributed by atoms with E-state index in [9.17, 15) is 0 Å². The van der Waals surface area contributed by atoms with Crippen molar-refractivity contribution in [2.24, 2.45) is 11.1 Å². The molecule has 0 aromatic heterocycles. The normalized spacial score (nSPS) is 23.4. The van der Waals surface area contributed by atoms with Gasteiger partial charge in [0.2, 0.25) is 0 Å². The highest BCUT2D eigenvalue weighted by Crippen LogP contribution is 2.40. The van der Waals surface area contributed by atoms with Crippen LogP contribution in [0.15, 0.2) is 30.3 Å². The predicted molar refractivity (Wildman–Crippen MR) is 83.5 cm³/mol. The maximum Gasteiger partial charge on any atom is 0.0233 e. The van der Waals surface area contributed by atoms with Gasteiger partial charge in [0.05, 0.1) is 0 Å². The minimum Gasteiger partial charge on any atom is -0.329 e. The Morgan fingerprint density at radius 2 is 1.60 bits per heavy atom. The molecular weight excluding hydrogens is 246 g/mol. The lowest BCUT2D eigenvalue weighted by Gasteiger charge is -2.39. The van der Waals surface area contributed by atoms with Gasteiger partial charge in [-0.25, -0.2) is 0 Å². The summed E-state index contributed by atoms with van der Waals surface area (Å²) in [5, 5.41) is 0. The molecule has 2 saturated heterocycles. The van der Waals surface area contributed by atoms with Crippen LogP contribution in [0.1, 0.15) is 24.8 Å². The van der Waals surface area contributed by atoms with Crippen LogP contribution in [0.5, 0.6) is 0 Å². The molecule has 3 rings (SSSR count). The van der Waals surface area contributed by atoms with Gasteiger partial charge in [0.25, 0.3) is 0 Å². The molecular formula is C17H27N3. The smallest absolute Gasteiger partial charge is 0.0233 e. The monoisotopic (exact) mass is 273 g/mol. The highest BCUT2D eigenvalue weighted by atomic mass is 15.2. The number of nitrogens with two attached hydrogens (primary N) is 1. The maximum atomic E-state index is 5.66. The van der Waals surface area contributed by atoms with Crippen molar-refractivity contribution in [1.82, 2.24) is 9.80 Å². The molecule has 2 fully saturated rings. The molecule has 3 nitrogen and oxygen atoms in total. The first-order chi connectivity index (χ1) is 9.80. The second kappa shape index (κ2) is 6.25. The molecule has 2 heterocycles. The fourth-order valence-corrected chi connectivity index (χ4v) is 3.85. The van der Waals surface area contributed by atoms with E-state index in [0.29, 0.717) is 5.41 Å². The molecule has 0 radical (unpaired) electrons. The number of benzene rings is 1. The lowest BCUT2D eigenvalue weighted by molar-refractivity contribution is 0.109. The molecule has 1 aromatic rings. The molecule has 0 bridgehead atoms. The first kappa shape index (κ1) is 14.1. The van der Waals surface area contributed by atoms with E-state index < -0.39 is 0 Å². The molecule has 0 atom stereocenters. The summed E-state index contributed by atoms with van der Waals surface area (Å²) >= 11 is 0. The van der Waals surface area contributed by atoms with Crippen molar-refractivity contribution < 1.29 is 0 Å². The molecule has 0 saturated carbocycles. The molecule has 0 amide bonds. The topological polar surface area (TPSA) is 32.5 Å². The number of nitrogens with zero attached hydrogens (tertiary/aromatic N) is 2. The van der Waals surface area contributed by atoms with Gasteiger partial charge in [-0.1, -0.05) is 30.3 Å². The minimum absolute atomic E-state index is 0.597. The van der Waals surface area contributed by atoms with Gasteiger partial charge in [-0.05, 0) is 49.9 Å². The quantitative estimate of drug-likeness (QED) is 0.910. The molecule has 0 aliphatic carbocycles. The van der Waals surface area contributed by atoms with Crippen LogP contribution in [0.4, 0.5) is 0 Å². The summed E-state index contributed by atoms with van der Waals surface area (Å²) in [4.78, 5) is 5.18. The molecule has 20 heavy (non-hydrogen) atoms. The number of likely N-dealkylation sites (tertiary alicyclic amines) is 2. The third-order valence-electron chi connectivity index (χ3n) is 5.13. The molecule has 110 valence electrons. The Morgan fingerprint density at radius 1 is 0.950 bits per heavy atom. The lowest BCUT2D eigenvalue weighted by atomic mass is 9.78. The zero-order chi connectivity index (χ0) is 13.8. The van der Waals surface area contributed by atoms with Crippen LogP contribution in [-0.2, 0) is 6.54 Å². The summed E-state index contributed by atoms with van der Waals surface area (Å²) in [6.07, 6.45) is 4.10. The molecule has 1 spiro atoms. The first-order valence-electron chi connectivity index (χ1n) is 7.98. The minimum atomic E-state index is 0.597. The van der Waals surface area contributed by atoms with Gasteiger partial charge in [0.15, 0.2) is 0 Å². The van der Waals surface area contributed by atoms with Crippen molar-refractivity contribution >= 4 is 0 Å². The summed E-state index contributed by atoms with van der Waals surface area (Å²) in [5.74, 6) is 0. The van der Waals surface area contributed by atoms with E-state index in [1.807, 2.05) is 0 Å². The molecule has 0 unspecified atom stereocenters. The SMILES string of the molecule is NCCN1CCC2(CC1)CCN(Cc1ccccc1)C2. The van der Waals surface area contributed by atoms with Crippen LogP contribution in [0.3, 0.4) is 0 Å². The summed E-state index contributed by atoms with van der Waals surface area (Å²) in [5.41, 5.74) is 7.71. The van der Waals surface area contributed by atoms with Gasteiger partial charge in [-0.3, -0.25) is 4.90 Å². The fourth-order valence-electron chi connectivity index (χ4n) is 3.85. The lowest BCUT2D eigenvalue weighted by Crippen LogP contribution is -2.43. The number of hydrogen-bond donors (Lipinski definition) is 1. The van der Waals surface area contributed by atoms with E-state index in [2.05, 4.69) is 40.1 Å². The van der Waals surface area contributed by atoms with Crippen LogP contribution >= 0.6 is 0 Å². The van der Waals surface area contributed by atoms with E-state index in [1.54, 1.807) is 0 Å². The fraction of sp³-hybridized carbons (Fsp3) is 0.647. The van der Waals surface area contributed by atoms with Gasteiger partial charge in [0, 0.05) is 26.2 Å². The zero-order valence-corrected chi connectivity index (χ0v) is 12.4. The Bertz CT molecular complexity index is 410. The average Bonchev–Trinajstić information content (AvgIpc) is 2.86. The second-order valence-electron chi connectivity index (χ2n) is 6.58. The van der Waals surface area contributed by atoms with Crippen molar-refractivity contribution in [2.45, 2.75) is 25.8 Å². The second-order valence-corrected chi connectivity index (χ2v) is 6.58. The Morgan fingerprint density at radius 3 is 2.25 bits per heavy atom. The number of piperidine rings is 1. The van der Waals surface area contributed by atoms with Gasteiger partial charge in [-0.2, -0.15) is 0 Å². The van der Waals surface area contributed by atoms with Crippen LogP contribution in [0, 0.1) is 5.41 Å². The van der Waals surface area contributed by atoms with E-state index in [4.69, 9.17) is 5.73 Å². The van der Waals surface area contributed by atoms with E-state index >= 15 is 0 Å². The van der Waals surface area contributed by atoms with Crippen LogP contribution in [-0.4, -0.2) is 49.1 Å². The first-order valence-corrected chi connectivity index (χ1v) is 7.98. The molecule has 2 aliphatic rings. The van der Waals surface area contributed by atoms with Gasteiger partial charge in [-0.15, -0.1) is 0 Å². The Hall–Kier alpha value is -0.900. The van der Waals surface area contributed by atoms with E-state index in [1.165, 1.54) is 51.0 Å². The molecule has 2 aliphatic heterocycles. The predicted octanol–water partition coefficient (Wildman–Crippen LogP) is 1.93. The Labute approximate surface area is 122 Å². The summed E-state index contributed by atoms with van der Waals surface area (Å²) < 4.78 is 0. The van der Waals surface area contributed by atoms with Crippen LogP contribution < -0.4 is 5.73 Å². The van der Waals surface area contributed by atoms with Crippen molar-refractivity contribution in [3.63, 3.8) is 0 Å². The average molecular weight is 273 g/mol. The Kier molecular flexibility index (Phi) is 4.39. The van der Waals surface area contributed by atoms with Crippen molar-refractivity contribution in [2.75, 3.05) is 39.3 Å². The van der Waals surface area contributed by atoms with E-state index in [0.717, 1.165) is 19.6 Å². The Balaban J connectivity index is 1.52. The third-order valence-corrected chi connectivity index (χ3v) is 5.13. The van der Waals surface area contributed by atoms with Gasteiger partial charge < -0.3 is 10.6 Å². The van der Waals surface area contributed by atoms with Crippen LogP contribution in [0.25, 0.3) is 0 Å². The highest BCUT2D eigenvalue weighted by molar-refractivity contribution is 5.15.